The van der Waals surface area contributed by atoms with E-state index in [0.717, 1.165) is 0 Å². The summed E-state index contributed by atoms with van der Waals surface area (Å²) in [6.07, 6.45) is -9.66. The van der Waals surface area contributed by atoms with Gasteiger partial charge in [-0.3, -0.25) is 4.79 Å². The molecule has 1 fully saturated rings. The van der Waals surface area contributed by atoms with E-state index in [-0.39, 0.29) is 13.1 Å². The van der Waals surface area contributed by atoms with Crippen LogP contribution in [0.1, 0.15) is 25.7 Å². The van der Waals surface area contributed by atoms with Gasteiger partial charge in [-0.2, -0.15) is 26.3 Å². The molecule has 0 aromatic carbocycles. The first-order valence-electron chi connectivity index (χ1n) is 6.23. The van der Waals surface area contributed by atoms with Crippen LogP contribution in [0.3, 0.4) is 0 Å². The van der Waals surface area contributed by atoms with Gasteiger partial charge in [-0.1, -0.05) is 0 Å². The summed E-state index contributed by atoms with van der Waals surface area (Å²) in [4.78, 5) is 12.4. The molecule has 0 spiro atoms. The molecule has 0 bridgehead atoms. The Labute approximate surface area is 112 Å². The van der Waals surface area contributed by atoms with E-state index >= 15 is 0 Å². The van der Waals surface area contributed by atoms with Crippen molar-refractivity contribution in [3.63, 3.8) is 0 Å². The molecular formula is C11H16F6N2O. The van der Waals surface area contributed by atoms with E-state index in [1.54, 1.807) is 0 Å². The molecule has 1 heterocycles. The van der Waals surface area contributed by atoms with Gasteiger partial charge < -0.3 is 10.6 Å². The molecule has 0 aliphatic carbocycles. The van der Waals surface area contributed by atoms with Crippen LogP contribution in [0.5, 0.6) is 0 Å². The number of alkyl halides is 6. The molecule has 0 aromatic heterocycles. The molecule has 0 aromatic rings. The molecule has 2 N–H and O–H groups in total. The minimum atomic E-state index is -5.63. The monoisotopic (exact) mass is 306 g/mol. The Hall–Kier alpha value is -0.990. The van der Waals surface area contributed by atoms with Gasteiger partial charge in [0.25, 0.3) is 0 Å². The van der Waals surface area contributed by atoms with Crippen LogP contribution in [0.2, 0.25) is 0 Å². The number of amides is 1. The summed E-state index contributed by atoms with van der Waals surface area (Å²) in [5, 5.41) is 0. The summed E-state index contributed by atoms with van der Waals surface area (Å²) in [5.41, 5.74) is 5.26. The average Bonchev–Trinajstić information content (AvgIpc) is 2.69. The van der Waals surface area contributed by atoms with E-state index in [2.05, 4.69) is 0 Å². The van der Waals surface area contributed by atoms with Crippen LogP contribution in [0.4, 0.5) is 26.3 Å². The zero-order valence-corrected chi connectivity index (χ0v) is 10.6. The maximum atomic E-state index is 12.5. The Kier molecular flexibility index (Phi) is 5.28. The Balaban J connectivity index is 2.89. The topological polar surface area (TPSA) is 46.3 Å². The Morgan fingerprint density at radius 2 is 1.75 bits per heavy atom. The molecule has 1 saturated heterocycles. The van der Waals surface area contributed by atoms with Crippen LogP contribution in [-0.4, -0.2) is 42.3 Å². The molecule has 1 rings (SSSR count). The maximum Gasteiger partial charge on any atom is 0.409 e. The Morgan fingerprint density at radius 3 is 2.20 bits per heavy atom. The van der Waals surface area contributed by atoms with Gasteiger partial charge in [0.05, 0.1) is 0 Å². The second-order valence-corrected chi connectivity index (χ2v) is 4.77. The predicted molar refractivity (Wildman–Crippen MR) is 58.6 cm³/mol. The van der Waals surface area contributed by atoms with Crippen LogP contribution < -0.4 is 5.73 Å². The number of likely N-dealkylation sites (tertiary alicyclic amines) is 1. The van der Waals surface area contributed by atoms with Crippen LogP contribution in [-0.2, 0) is 4.79 Å². The third-order valence-electron chi connectivity index (χ3n) is 3.30. The third kappa shape index (κ3) is 4.00. The number of carbonyl (C=O) groups is 1. The summed E-state index contributed by atoms with van der Waals surface area (Å²) >= 11 is 0. The van der Waals surface area contributed by atoms with Crippen LogP contribution in [0, 0.1) is 5.92 Å². The summed E-state index contributed by atoms with van der Waals surface area (Å²) in [7, 11) is 0. The second-order valence-electron chi connectivity index (χ2n) is 4.77. The van der Waals surface area contributed by atoms with Crippen molar-refractivity contribution in [2.24, 2.45) is 11.7 Å². The minimum Gasteiger partial charge on any atom is -0.339 e. The smallest absolute Gasteiger partial charge is 0.339 e. The molecule has 3 nitrogen and oxygen atoms in total. The minimum absolute atomic E-state index is 0.0727. The third-order valence-corrected chi connectivity index (χ3v) is 3.30. The van der Waals surface area contributed by atoms with Gasteiger partial charge in [0, 0.05) is 12.6 Å². The highest BCUT2D eigenvalue weighted by molar-refractivity contribution is 5.81. The van der Waals surface area contributed by atoms with Gasteiger partial charge in [0.1, 0.15) is 0 Å². The van der Waals surface area contributed by atoms with Gasteiger partial charge in [0.2, 0.25) is 11.8 Å². The molecular weight excluding hydrogens is 290 g/mol. The maximum absolute atomic E-state index is 12.5. The van der Waals surface area contributed by atoms with Gasteiger partial charge in [-0.25, -0.2) is 0 Å². The predicted octanol–water partition coefficient (Wildman–Crippen LogP) is 2.46. The fraction of sp³-hybridized carbons (Fsp3) is 0.909. The number of rotatable bonds is 4. The summed E-state index contributed by atoms with van der Waals surface area (Å²) in [6, 6.07) is -0.585. The number of hydrogen-bond donors (Lipinski definition) is 1. The lowest BCUT2D eigenvalue weighted by Crippen LogP contribution is -2.50. The van der Waals surface area contributed by atoms with Gasteiger partial charge in [-0.15, -0.1) is 0 Å². The van der Waals surface area contributed by atoms with Crippen molar-refractivity contribution in [2.45, 2.75) is 44.1 Å². The highest BCUT2D eigenvalue weighted by atomic mass is 19.4. The van der Waals surface area contributed by atoms with Gasteiger partial charge in [0.15, 0.2) is 0 Å². The van der Waals surface area contributed by atoms with Crippen LogP contribution >= 0.6 is 0 Å². The lowest BCUT2D eigenvalue weighted by Gasteiger charge is -2.30. The molecule has 1 aliphatic rings. The second kappa shape index (κ2) is 6.19. The van der Waals surface area contributed by atoms with E-state index in [1.807, 2.05) is 0 Å². The number of nitrogens with zero attached hydrogens (tertiary/aromatic N) is 1. The van der Waals surface area contributed by atoms with E-state index < -0.39 is 30.2 Å². The van der Waals surface area contributed by atoms with E-state index in [1.165, 1.54) is 0 Å². The standard InChI is InChI=1S/C11H16F6N2O/c12-10(13,14)8(11(15,16)17)9(20)19-6-2-4-7(19)3-1-5-18/h7-8H,1-6,18H2. The Bertz CT molecular complexity index is 327. The lowest BCUT2D eigenvalue weighted by molar-refractivity contribution is -0.277. The van der Waals surface area contributed by atoms with Crippen LogP contribution in [0.25, 0.3) is 0 Å². The van der Waals surface area contributed by atoms with Crippen molar-refractivity contribution >= 4 is 5.91 Å². The average molecular weight is 306 g/mol. The van der Waals surface area contributed by atoms with Gasteiger partial charge in [-0.05, 0) is 32.2 Å². The fourth-order valence-corrected chi connectivity index (χ4v) is 2.41. The van der Waals surface area contributed by atoms with Crippen molar-refractivity contribution in [1.29, 1.82) is 0 Å². The highest BCUT2D eigenvalue weighted by Gasteiger charge is 2.62. The molecule has 0 radical (unpaired) electrons. The Morgan fingerprint density at radius 1 is 1.20 bits per heavy atom. The molecule has 118 valence electrons. The summed E-state index contributed by atoms with van der Waals surface area (Å²) < 4.78 is 75.1. The van der Waals surface area contributed by atoms with Crippen molar-refractivity contribution in [3.05, 3.63) is 0 Å². The van der Waals surface area contributed by atoms with E-state index in [0.29, 0.717) is 30.6 Å². The normalized spacial score (nSPS) is 20.8. The summed E-state index contributed by atoms with van der Waals surface area (Å²) in [6.45, 7) is 0.206. The fourth-order valence-electron chi connectivity index (χ4n) is 2.41. The molecule has 1 atom stereocenters. The number of hydrogen-bond acceptors (Lipinski definition) is 2. The molecule has 0 saturated carbocycles. The van der Waals surface area contributed by atoms with E-state index in [4.69, 9.17) is 5.73 Å². The number of carbonyl (C=O) groups excluding carboxylic acids is 1. The van der Waals surface area contributed by atoms with Gasteiger partial charge >= 0.3 is 12.4 Å². The molecule has 1 unspecified atom stereocenters. The molecule has 1 aliphatic heterocycles. The number of nitrogens with two attached hydrogens (primary N) is 1. The quantitative estimate of drug-likeness (QED) is 0.811. The van der Waals surface area contributed by atoms with E-state index in [9.17, 15) is 31.1 Å². The zero-order valence-electron chi connectivity index (χ0n) is 10.6. The first kappa shape index (κ1) is 17.1. The first-order chi connectivity index (χ1) is 9.09. The zero-order chi connectivity index (χ0) is 15.6. The SMILES string of the molecule is NCCCC1CCCN1C(=O)C(C(F)(F)F)C(F)(F)F. The first-order valence-corrected chi connectivity index (χ1v) is 6.23. The largest absolute Gasteiger partial charge is 0.409 e. The van der Waals surface area contributed by atoms with Crippen LogP contribution in [0.15, 0.2) is 0 Å². The number of halogens is 6. The summed E-state index contributed by atoms with van der Waals surface area (Å²) in [5.74, 6) is -5.84. The molecule has 20 heavy (non-hydrogen) atoms. The van der Waals surface area contributed by atoms with Crippen molar-refractivity contribution in [2.75, 3.05) is 13.1 Å². The molecule has 9 heteroatoms. The highest BCUT2D eigenvalue weighted by Crippen LogP contribution is 2.41. The van der Waals surface area contributed by atoms with Crippen molar-refractivity contribution in [3.8, 4) is 0 Å². The van der Waals surface area contributed by atoms with Crippen molar-refractivity contribution < 1.29 is 31.1 Å². The lowest BCUT2D eigenvalue weighted by atomic mass is 10.0. The molecule has 1 amide bonds. The van der Waals surface area contributed by atoms with Crippen molar-refractivity contribution in [1.82, 2.24) is 4.90 Å².